The van der Waals surface area contributed by atoms with Gasteiger partial charge in [0.2, 0.25) is 5.91 Å². The molecule has 2 atom stereocenters. The van der Waals surface area contributed by atoms with Crippen LogP contribution >= 0.6 is 0 Å². The first-order valence-electron chi connectivity index (χ1n) is 7.26. The number of esters is 1. The molecule has 0 aromatic heterocycles. The van der Waals surface area contributed by atoms with Crippen molar-refractivity contribution in [2.75, 3.05) is 13.7 Å². The number of benzene rings is 1. The van der Waals surface area contributed by atoms with Gasteiger partial charge in [-0.2, -0.15) is 0 Å². The van der Waals surface area contributed by atoms with E-state index in [9.17, 15) is 9.59 Å². The second kappa shape index (κ2) is 6.72. The third-order valence-electron chi connectivity index (χ3n) is 3.84. The zero-order valence-electron chi connectivity index (χ0n) is 12.8. The molecule has 1 aliphatic heterocycles. The molecule has 0 saturated carbocycles. The fourth-order valence-electron chi connectivity index (χ4n) is 2.55. The topological polar surface area (TPSA) is 58.6 Å². The lowest BCUT2D eigenvalue weighted by molar-refractivity contribution is -0.141. The highest BCUT2D eigenvalue weighted by atomic mass is 16.5. The third kappa shape index (κ3) is 3.42. The van der Waals surface area contributed by atoms with E-state index in [1.54, 1.807) is 4.90 Å². The molecule has 21 heavy (non-hydrogen) atoms. The molecule has 0 bridgehead atoms. The summed E-state index contributed by atoms with van der Waals surface area (Å²) in [5, 5.41) is 3.34. The van der Waals surface area contributed by atoms with Crippen LogP contribution in [0.3, 0.4) is 0 Å². The van der Waals surface area contributed by atoms with Gasteiger partial charge in [0, 0.05) is 6.54 Å². The summed E-state index contributed by atoms with van der Waals surface area (Å²) in [6.45, 7) is 4.38. The number of methoxy groups -OCH3 is 1. The highest BCUT2D eigenvalue weighted by Crippen LogP contribution is 2.26. The lowest BCUT2D eigenvalue weighted by atomic mass is 10.1. The Morgan fingerprint density at radius 3 is 2.57 bits per heavy atom. The molecule has 1 N–H and O–H groups in total. The molecule has 1 heterocycles. The molecule has 114 valence electrons. The minimum atomic E-state index is -0.301. The molecule has 1 aromatic carbocycles. The Labute approximate surface area is 125 Å². The van der Waals surface area contributed by atoms with Crippen molar-refractivity contribution in [3.05, 3.63) is 35.4 Å². The molecule has 1 saturated heterocycles. The van der Waals surface area contributed by atoms with Crippen LogP contribution in [0.4, 0.5) is 0 Å². The van der Waals surface area contributed by atoms with E-state index in [1.807, 2.05) is 38.1 Å². The fraction of sp³-hybridized carbons (Fsp3) is 0.500. The molecule has 1 aliphatic rings. The van der Waals surface area contributed by atoms with Crippen LogP contribution in [-0.2, 0) is 14.3 Å². The molecular formula is C16H22N2O3. The monoisotopic (exact) mass is 290 g/mol. The van der Waals surface area contributed by atoms with Crippen molar-refractivity contribution in [3.63, 3.8) is 0 Å². The van der Waals surface area contributed by atoms with Crippen LogP contribution in [0.2, 0.25) is 0 Å². The van der Waals surface area contributed by atoms with E-state index in [2.05, 4.69) is 10.1 Å². The van der Waals surface area contributed by atoms with Crippen LogP contribution in [0.5, 0.6) is 0 Å². The number of hydrogen-bond donors (Lipinski definition) is 1. The van der Waals surface area contributed by atoms with Crippen LogP contribution in [0, 0.1) is 6.92 Å². The number of amides is 1. The van der Waals surface area contributed by atoms with Crippen molar-refractivity contribution in [2.24, 2.45) is 0 Å². The van der Waals surface area contributed by atoms with Crippen molar-refractivity contribution >= 4 is 11.9 Å². The summed E-state index contributed by atoms with van der Waals surface area (Å²) in [6, 6.07) is 7.90. The first-order valence-corrected chi connectivity index (χ1v) is 7.26. The summed E-state index contributed by atoms with van der Waals surface area (Å²) in [7, 11) is 1.36. The second-order valence-corrected chi connectivity index (χ2v) is 5.30. The maximum atomic E-state index is 12.4. The van der Waals surface area contributed by atoms with E-state index < -0.39 is 0 Å². The van der Waals surface area contributed by atoms with Gasteiger partial charge in [0.15, 0.2) is 0 Å². The van der Waals surface area contributed by atoms with Gasteiger partial charge < -0.3 is 9.64 Å². The number of nitrogens with zero attached hydrogens (tertiary/aromatic N) is 1. The van der Waals surface area contributed by atoms with E-state index >= 15 is 0 Å². The average Bonchev–Trinajstić information content (AvgIpc) is 2.81. The second-order valence-electron chi connectivity index (χ2n) is 5.30. The third-order valence-corrected chi connectivity index (χ3v) is 3.84. The van der Waals surface area contributed by atoms with E-state index in [-0.39, 0.29) is 30.5 Å². The van der Waals surface area contributed by atoms with Gasteiger partial charge in [-0.05, 0) is 18.9 Å². The molecule has 1 aromatic rings. The van der Waals surface area contributed by atoms with Crippen molar-refractivity contribution in [3.8, 4) is 0 Å². The number of carbonyl (C=O) groups is 2. The van der Waals surface area contributed by atoms with E-state index in [0.717, 1.165) is 12.0 Å². The Bertz CT molecular complexity index is 513. The molecule has 1 amide bonds. The van der Waals surface area contributed by atoms with Crippen molar-refractivity contribution < 1.29 is 14.3 Å². The Hall–Kier alpha value is -1.88. The van der Waals surface area contributed by atoms with Gasteiger partial charge in [0.1, 0.15) is 6.17 Å². The molecule has 5 nitrogen and oxygen atoms in total. The zero-order chi connectivity index (χ0) is 15.4. The predicted octanol–water partition coefficient (Wildman–Crippen LogP) is 1.77. The Kier molecular flexibility index (Phi) is 4.96. The fourth-order valence-corrected chi connectivity index (χ4v) is 2.55. The number of rotatable bonds is 5. The molecule has 0 aliphatic carbocycles. The SMILES string of the molecule is CCC1NC(c2ccc(C)cc2)N(CCC(=O)OC)C1=O. The van der Waals surface area contributed by atoms with Gasteiger partial charge in [0.25, 0.3) is 0 Å². The first-order chi connectivity index (χ1) is 10.1. The number of carbonyl (C=O) groups excluding carboxylic acids is 2. The van der Waals surface area contributed by atoms with Crippen molar-refractivity contribution in [1.82, 2.24) is 10.2 Å². The Morgan fingerprint density at radius 2 is 2.00 bits per heavy atom. The van der Waals surface area contributed by atoms with E-state index in [0.29, 0.717) is 6.54 Å². The summed E-state index contributed by atoms with van der Waals surface area (Å²) < 4.78 is 4.66. The van der Waals surface area contributed by atoms with Gasteiger partial charge in [-0.3, -0.25) is 14.9 Å². The van der Waals surface area contributed by atoms with Gasteiger partial charge in [-0.1, -0.05) is 36.8 Å². The molecule has 2 rings (SSSR count). The number of aryl methyl sites for hydroxylation is 1. The summed E-state index contributed by atoms with van der Waals surface area (Å²) in [6.07, 6.45) is 0.770. The zero-order valence-corrected chi connectivity index (χ0v) is 12.8. The number of nitrogens with one attached hydrogen (secondary N) is 1. The quantitative estimate of drug-likeness (QED) is 0.840. The Balaban J connectivity index is 2.17. The molecule has 5 heteroatoms. The van der Waals surface area contributed by atoms with Gasteiger partial charge in [-0.25, -0.2) is 0 Å². The molecular weight excluding hydrogens is 268 g/mol. The largest absolute Gasteiger partial charge is 0.469 e. The van der Waals surface area contributed by atoms with Crippen LogP contribution in [0.15, 0.2) is 24.3 Å². The normalized spacial score (nSPS) is 21.7. The van der Waals surface area contributed by atoms with E-state index in [4.69, 9.17) is 0 Å². The average molecular weight is 290 g/mol. The van der Waals surface area contributed by atoms with Gasteiger partial charge in [-0.15, -0.1) is 0 Å². The standard InChI is InChI=1S/C16H22N2O3/c1-4-13-16(20)18(10-9-14(19)21-3)15(17-13)12-7-5-11(2)6-8-12/h5-8,13,15,17H,4,9-10H2,1-3H3. The molecule has 2 unspecified atom stereocenters. The molecule has 0 radical (unpaired) electrons. The van der Waals surface area contributed by atoms with Crippen LogP contribution in [-0.4, -0.2) is 36.5 Å². The smallest absolute Gasteiger partial charge is 0.307 e. The highest BCUT2D eigenvalue weighted by molar-refractivity contribution is 5.85. The minimum Gasteiger partial charge on any atom is -0.469 e. The van der Waals surface area contributed by atoms with Crippen LogP contribution in [0.1, 0.15) is 37.1 Å². The van der Waals surface area contributed by atoms with E-state index in [1.165, 1.54) is 12.7 Å². The van der Waals surface area contributed by atoms with Crippen LogP contribution < -0.4 is 5.32 Å². The summed E-state index contributed by atoms with van der Waals surface area (Å²) in [5.41, 5.74) is 2.21. The molecule has 0 spiro atoms. The summed E-state index contributed by atoms with van der Waals surface area (Å²) in [4.78, 5) is 25.5. The van der Waals surface area contributed by atoms with Gasteiger partial charge >= 0.3 is 5.97 Å². The summed E-state index contributed by atoms with van der Waals surface area (Å²) in [5.74, 6) is -0.252. The predicted molar refractivity (Wildman–Crippen MR) is 79.5 cm³/mol. The minimum absolute atomic E-state index is 0.0481. The number of hydrogen-bond acceptors (Lipinski definition) is 4. The lowest BCUT2D eigenvalue weighted by Gasteiger charge is -2.24. The van der Waals surface area contributed by atoms with Crippen molar-refractivity contribution in [1.29, 1.82) is 0 Å². The van der Waals surface area contributed by atoms with Crippen molar-refractivity contribution in [2.45, 2.75) is 38.9 Å². The first kappa shape index (κ1) is 15.5. The molecule has 1 fully saturated rings. The maximum Gasteiger partial charge on any atom is 0.307 e. The lowest BCUT2D eigenvalue weighted by Crippen LogP contribution is -2.33. The number of ether oxygens (including phenoxy) is 1. The summed E-state index contributed by atoms with van der Waals surface area (Å²) >= 11 is 0. The maximum absolute atomic E-state index is 12.4. The highest BCUT2D eigenvalue weighted by Gasteiger charge is 2.38. The van der Waals surface area contributed by atoms with Crippen LogP contribution in [0.25, 0.3) is 0 Å². The van der Waals surface area contributed by atoms with Gasteiger partial charge in [0.05, 0.1) is 19.6 Å². The Morgan fingerprint density at radius 1 is 1.33 bits per heavy atom.